The molecule has 0 aromatic carbocycles. The summed E-state index contributed by atoms with van der Waals surface area (Å²) in [6.07, 6.45) is 8.23. The summed E-state index contributed by atoms with van der Waals surface area (Å²) in [6, 6.07) is 0. The van der Waals surface area contributed by atoms with Crippen LogP contribution in [0.1, 0.15) is 45.4 Å². The van der Waals surface area contributed by atoms with Crippen LogP contribution >= 0.6 is 0 Å². The van der Waals surface area contributed by atoms with E-state index in [9.17, 15) is 0 Å². The topological polar surface area (TPSA) is 36.9 Å². The van der Waals surface area contributed by atoms with Crippen LogP contribution in [0.5, 0.6) is 0 Å². The summed E-state index contributed by atoms with van der Waals surface area (Å²) >= 11 is 0. The van der Waals surface area contributed by atoms with Gasteiger partial charge in [-0.15, -0.1) is 0 Å². The van der Waals surface area contributed by atoms with Gasteiger partial charge in [0.15, 0.2) is 5.96 Å². The molecule has 0 heterocycles. The molecular weight excluding hydrogens is 262 g/mol. The summed E-state index contributed by atoms with van der Waals surface area (Å²) < 4.78 is 5.66. The lowest BCUT2D eigenvalue weighted by atomic mass is 9.83. The predicted octanol–water partition coefficient (Wildman–Crippen LogP) is 2.75. The molecule has 2 fully saturated rings. The van der Waals surface area contributed by atoms with Gasteiger partial charge in [-0.25, -0.2) is 0 Å². The third-order valence-corrected chi connectivity index (χ3v) is 4.82. The van der Waals surface area contributed by atoms with Crippen molar-refractivity contribution >= 4 is 5.96 Å². The van der Waals surface area contributed by atoms with E-state index in [4.69, 9.17) is 4.74 Å². The van der Waals surface area contributed by atoms with Gasteiger partial charge in [-0.05, 0) is 43.4 Å². The van der Waals surface area contributed by atoms with Gasteiger partial charge >= 0.3 is 0 Å². The first-order valence-electron chi connectivity index (χ1n) is 8.68. The molecule has 2 aliphatic carbocycles. The summed E-state index contributed by atoms with van der Waals surface area (Å²) in [7, 11) is 4.02. The summed E-state index contributed by atoms with van der Waals surface area (Å²) in [5, 5.41) is 3.41. The Balaban J connectivity index is 1.59. The maximum Gasteiger partial charge on any atom is 0.193 e. The fourth-order valence-corrected chi connectivity index (χ4v) is 3.14. The number of aliphatic imine (C=N–C) groups is 1. The molecule has 2 aliphatic rings. The van der Waals surface area contributed by atoms with Crippen LogP contribution in [-0.2, 0) is 4.74 Å². The van der Waals surface area contributed by atoms with E-state index in [2.05, 4.69) is 29.2 Å². The lowest BCUT2D eigenvalue weighted by molar-refractivity contribution is 0.128. The zero-order valence-electron chi connectivity index (χ0n) is 14.1. The van der Waals surface area contributed by atoms with E-state index in [1.54, 1.807) is 0 Å². The number of nitrogens with one attached hydrogen (secondary N) is 1. The highest BCUT2D eigenvalue weighted by atomic mass is 16.5. The van der Waals surface area contributed by atoms with Crippen LogP contribution in [-0.4, -0.2) is 51.3 Å². The fraction of sp³-hybridized carbons (Fsp3) is 0.941. The number of ether oxygens (including phenoxy) is 1. The molecule has 0 atom stereocenters. The van der Waals surface area contributed by atoms with Gasteiger partial charge in [0.2, 0.25) is 0 Å². The van der Waals surface area contributed by atoms with Crippen LogP contribution in [0.2, 0.25) is 0 Å². The second-order valence-corrected chi connectivity index (χ2v) is 7.00. The molecule has 0 aliphatic heterocycles. The molecule has 4 nitrogen and oxygen atoms in total. The minimum Gasteiger partial charge on any atom is -0.379 e. The van der Waals surface area contributed by atoms with Gasteiger partial charge in [0.1, 0.15) is 0 Å². The third-order valence-electron chi connectivity index (χ3n) is 4.82. The molecule has 0 saturated heterocycles. The van der Waals surface area contributed by atoms with Crippen LogP contribution in [0.4, 0.5) is 0 Å². The molecule has 2 saturated carbocycles. The Morgan fingerprint density at radius 1 is 1.14 bits per heavy atom. The Hall–Kier alpha value is -0.770. The smallest absolute Gasteiger partial charge is 0.193 e. The minimum atomic E-state index is 0.782. The Morgan fingerprint density at radius 2 is 1.81 bits per heavy atom. The van der Waals surface area contributed by atoms with Crippen molar-refractivity contribution in [2.24, 2.45) is 22.7 Å². The number of rotatable bonds is 7. The molecule has 0 bridgehead atoms. The SMILES string of the molecule is CN=C(NCCOCC1CC1)N(C)CC1CCC(C)CC1. The normalized spacial score (nSPS) is 26.7. The van der Waals surface area contributed by atoms with E-state index in [-0.39, 0.29) is 0 Å². The van der Waals surface area contributed by atoms with Gasteiger partial charge in [-0.1, -0.05) is 19.8 Å². The number of hydrogen-bond donors (Lipinski definition) is 1. The largest absolute Gasteiger partial charge is 0.379 e. The third kappa shape index (κ3) is 6.25. The Labute approximate surface area is 130 Å². The summed E-state index contributed by atoms with van der Waals surface area (Å²) in [4.78, 5) is 6.67. The van der Waals surface area contributed by atoms with E-state index in [1.165, 1.54) is 38.5 Å². The first-order chi connectivity index (χ1) is 10.2. The van der Waals surface area contributed by atoms with Crippen molar-refractivity contribution in [3.63, 3.8) is 0 Å². The van der Waals surface area contributed by atoms with Crippen molar-refractivity contribution in [1.29, 1.82) is 0 Å². The Bertz CT molecular complexity index is 320. The average Bonchev–Trinajstić information content (AvgIpc) is 3.29. The second kappa shape index (κ2) is 8.62. The van der Waals surface area contributed by atoms with Crippen molar-refractivity contribution in [1.82, 2.24) is 10.2 Å². The fourth-order valence-electron chi connectivity index (χ4n) is 3.14. The van der Waals surface area contributed by atoms with Crippen LogP contribution < -0.4 is 5.32 Å². The van der Waals surface area contributed by atoms with Gasteiger partial charge < -0.3 is 15.0 Å². The predicted molar refractivity (Wildman–Crippen MR) is 88.7 cm³/mol. The summed E-state index contributed by atoms with van der Waals surface area (Å²) in [5.41, 5.74) is 0. The summed E-state index contributed by atoms with van der Waals surface area (Å²) in [5.74, 6) is 3.60. The van der Waals surface area contributed by atoms with Gasteiger partial charge in [0.05, 0.1) is 6.61 Å². The molecule has 1 N–H and O–H groups in total. The van der Waals surface area contributed by atoms with Crippen LogP contribution in [0.25, 0.3) is 0 Å². The molecule has 21 heavy (non-hydrogen) atoms. The number of guanidine groups is 1. The van der Waals surface area contributed by atoms with Gasteiger partial charge in [0, 0.05) is 33.8 Å². The van der Waals surface area contributed by atoms with Crippen LogP contribution in [0.3, 0.4) is 0 Å². The van der Waals surface area contributed by atoms with E-state index >= 15 is 0 Å². The van der Waals surface area contributed by atoms with Crippen molar-refractivity contribution in [3.05, 3.63) is 0 Å². The van der Waals surface area contributed by atoms with Crippen molar-refractivity contribution < 1.29 is 4.74 Å². The van der Waals surface area contributed by atoms with E-state index in [1.807, 2.05) is 7.05 Å². The molecule has 0 radical (unpaired) electrons. The minimum absolute atomic E-state index is 0.782. The van der Waals surface area contributed by atoms with E-state index in [0.29, 0.717) is 0 Å². The van der Waals surface area contributed by atoms with E-state index < -0.39 is 0 Å². The van der Waals surface area contributed by atoms with Gasteiger partial charge in [-0.3, -0.25) is 4.99 Å². The molecular formula is C17H33N3O. The van der Waals surface area contributed by atoms with Crippen LogP contribution in [0, 0.1) is 17.8 Å². The van der Waals surface area contributed by atoms with E-state index in [0.717, 1.165) is 50.0 Å². The Kier molecular flexibility index (Phi) is 6.81. The van der Waals surface area contributed by atoms with Crippen molar-refractivity contribution in [3.8, 4) is 0 Å². The highest BCUT2D eigenvalue weighted by Crippen LogP contribution is 2.29. The van der Waals surface area contributed by atoms with Gasteiger partial charge in [-0.2, -0.15) is 0 Å². The highest BCUT2D eigenvalue weighted by molar-refractivity contribution is 5.79. The average molecular weight is 295 g/mol. The zero-order chi connectivity index (χ0) is 15.1. The molecule has 0 aromatic heterocycles. The van der Waals surface area contributed by atoms with Gasteiger partial charge in [0.25, 0.3) is 0 Å². The Morgan fingerprint density at radius 3 is 2.43 bits per heavy atom. The number of hydrogen-bond acceptors (Lipinski definition) is 2. The molecule has 0 unspecified atom stereocenters. The highest BCUT2D eigenvalue weighted by Gasteiger charge is 2.21. The lowest BCUT2D eigenvalue weighted by Gasteiger charge is -2.31. The maximum absolute atomic E-state index is 5.66. The molecule has 4 heteroatoms. The first-order valence-corrected chi connectivity index (χ1v) is 8.68. The van der Waals surface area contributed by atoms with Crippen LogP contribution in [0.15, 0.2) is 4.99 Å². The van der Waals surface area contributed by atoms with Crippen molar-refractivity contribution in [2.45, 2.75) is 45.4 Å². The standard InChI is InChI=1S/C17H33N3O/c1-14-4-6-15(7-5-14)12-20(3)17(18-2)19-10-11-21-13-16-8-9-16/h14-16H,4-13H2,1-3H3,(H,18,19). The first kappa shape index (κ1) is 16.6. The quantitative estimate of drug-likeness (QED) is 0.446. The van der Waals surface area contributed by atoms with Crippen molar-refractivity contribution in [2.75, 3.05) is 40.4 Å². The molecule has 0 amide bonds. The second-order valence-electron chi connectivity index (χ2n) is 7.00. The zero-order valence-corrected chi connectivity index (χ0v) is 14.1. The lowest BCUT2D eigenvalue weighted by Crippen LogP contribution is -2.43. The number of nitrogens with zero attached hydrogens (tertiary/aromatic N) is 2. The summed E-state index contributed by atoms with van der Waals surface area (Å²) in [6.45, 7) is 6.07. The maximum atomic E-state index is 5.66. The molecule has 122 valence electrons. The molecule has 2 rings (SSSR count). The molecule has 0 aromatic rings. The monoisotopic (exact) mass is 295 g/mol. The molecule has 0 spiro atoms.